The van der Waals surface area contributed by atoms with Crippen LogP contribution in [0.4, 0.5) is 4.39 Å². The van der Waals surface area contributed by atoms with E-state index in [-0.39, 0.29) is 24.2 Å². The van der Waals surface area contributed by atoms with Crippen LogP contribution in [0.2, 0.25) is 0 Å². The quantitative estimate of drug-likeness (QED) is 0.608. The second-order valence-electron chi connectivity index (χ2n) is 6.56. The SMILES string of the molecule is O=C(COc1ccc(Br)cc1F)N1CCC[C@@H](c2nc3ccccc3o2)C1. The lowest BCUT2D eigenvalue weighted by molar-refractivity contribution is -0.134. The van der Waals surface area contributed by atoms with E-state index >= 15 is 0 Å². The largest absolute Gasteiger partial charge is 0.481 e. The molecule has 140 valence electrons. The van der Waals surface area contributed by atoms with E-state index in [0.29, 0.717) is 23.5 Å². The van der Waals surface area contributed by atoms with Gasteiger partial charge in [0.25, 0.3) is 5.91 Å². The third-order valence-corrected chi connectivity index (χ3v) is 5.17. The van der Waals surface area contributed by atoms with Gasteiger partial charge in [0.1, 0.15) is 5.52 Å². The number of carbonyl (C=O) groups is 1. The number of rotatable bonds is 4. The fraction of sp³-hybridized carbons (Fsp3) is 0.300. The second-order valence-corrected chi connectivity index (χ2v) is 7.48. The monoisotopic (exact) mass is 432 g/mol. The molecule has 0 bridgehead atoms. The van der Waals surface area contributed by atoms with E-state index in [1.54, 1.807) is 11.0 Å². The third-order valence-electron chi connectivity index (χ3n) is 4.68. The molecule has 1 aromatic heterocycles. The van der Waals surface area contributed by atoms with Crippen molar-refractivity contribution in [3.05, 3.63) is 58.6 Å². The van der Waals surface area contributed by atoms with Crippen LogP contribution in [-0.4, -0.2) is 35.5 Å². The van der Waals surface area contributed by atoms with Crippen molar-refractivity contribution in [1.82, 2.24) is 9.88 Å². The molecule has 1 aliphatic rings. The lowest BCUT2D eigenvalue weighted by Crippen LogP contribution is -2.41. The maximum absolute atomic E-state index is 13.8. The number of nitrogens with zero attached hydrogens (tertiary/aromatic N) is 2. The van der Waals surface area contributed by atoms with Gasteiger partial charge in [0.15, 0.2) is 29.6 Å². The van der Waals surface area contributed by atoms with Crippen molar-refractivity contribution in [3.63, 3.8) is 0 Å². The maximum atomic E-state index is 13.8. The topological polar surface area (TPSA) is 55.6 Å². The first kappa shape index (κ1) is 18.0. The predicted molar refractivity (Wildman–Crippen MR) is 102 cm³/mol. The molecule has 3 aromatic rings. The van der Waals surface area contributed by atoms with Gasteiger partial charge in [-0.15, -0.1) is 0 Å². The van der Waals surface area contributed by atoms with Gasteiger partial charge in [-0.2, -0.15) is 0 Å². The minimum Gasteiger partial charge on any atom is -0.481 e. The fourth-order valence-electron chi connectivity index (χ4n) is 3.29. The molecule has 0 aliphatic carbocycles. The van der Waals surface area contributed by atoms with Crippen molar-refractivity contribution in [3.8, 4) is 5.75 Å². The summed E-state index contributed by atoms with van der Waals surface area (Å²) >= 11 is 3.19. The minimum absolute atomic E-state index is 0.0551. The molecule has 0 saturated carbocycles. The molecule has 0 N–H and O–H groups in total. The molecule has 1 saturated heterocycles. The van der Waals surface area contributed by atoms with Crippen molar-refractivity contribution in [1.29, 1.82) is 0 Å². The van der Waals surface area contributed by atoms with E-state index in [0.717, 1.165) is 23.9 Å². The first-order chi connectivity index (χ1) is 13.1. The Labute approximate surface area is 164 Å². The van der Waals surface area contributed by atoms with E-state index in [9.17, 15) is 9.18 Å². The number of hydrogen-bond donors (Lipinski definition) is 0. The lowest BCUT2D eigenvalue weighted by atomic mass is 9.98. The number of carbonyl (C=O) groups excluding carboxylic acids is 1. The number of benzene rings is 2. The average molecular weight is 433 g/mol. The van der Waals surface area contributed by atoms with Crippen molar-refractivity contribution in [2.24, 2.45) is 0 Å². The molecular formula is C20H18BrFN2O3. The number of para-hydroxylation sites is 2. The number of halogens is 2. The highest BCUT2D eigenvalue weighted by atomic mass is 79.9. The molecule has 7 heteroatoms. The first-order valence-electron chi connectivity index (χ1n) is 8.81. The molecule has 1 atom stereocenters. The Kier molecular flexibility index (Phi) is 5.11. The molecule has 2 aromatic carbocycles. The van der Waals surface area contributed by atoms with Gasteiger partial charge >= 0.3 is 0 Å². The van der Waals surface area contributed by atoms with Gasteiger partial charge in [0, 0.05) is 17.6 Å². The van der Waals surface area contributed by atoms with Crippen LogP contribution in [0.5, 0.6) is 5.75 Å². The van der Waals surface area contributed by atoms with Gasteiger partial charge in [-0.05, 0) is 43.2 Å². The van der Waals surface area contributed by atoms with Gasteiger partial charge in [-0.3, -0.25) is 4.79 Å². The number of hydrogen-bond acceptors (Lipinski definition) is 4. The first-order valence-corrected chi connectivity index (χ1v) is 9.60. The summed E-state index contributed by atoms with van der Waals surface area (Å²) in [6, 6.07) is 12.1. The van der Waals surface area contributed by atoms with E-state index in [2.05, 4.69) is 20.9 Å². The molecular weight excluding hydrogens is 415 g/mol. The van der Waals surface area contributed by atoms with Crippen LogP contribution in [0, 0.1) is 5.82 Å². The standard InChI is InChI=1S/C20H18BrFN2O3/c21-14-7-8-17(15(22)10-14)26-12-19(25)24-9-3-4-13(11-24)20-23-16-5-1-2-6-18(16)27-20/h1-2,5-8,10,13H,3-4,9,11-12H2/t13-/m1/s1. The van der Waals surface area contributed by atoms with Gasteiger partial charge in [-0.25, -0.2) is 9.37 Å². The van der Waals surface area contributed by atoms with Crippen molar-refractivity contribution in [2.75, 3.05) is 19.7 Å². The summed E-state index contributed by atoms with van der Waals surface area (Å²) in [5.74, 6) is 0.116. The molecule has 0 spiro atoms. The Morgan fingerprint density at radius 1 is 1.33 bits per heavy atom. The number of piperidine rings is 1. The number of ether oxygens (including phenoxy) is 1. The molecule has 5 nitrogen and oxygen atoms in total. The zero-order chi connectivity index (χ0) is 18.8. The zero-order valence-corrected chi connectivity index (χ0v) is 16.1. The summed E-state index contributed by atoms with van der Waals surface area (Å²) in [6.45, 7) is 0.985. The molecule has 27 heavy (non-hydrogen) atoms. The van der Waals surface area contributed by atoms with Crippen LogP contribution in [0.1, 0.15) is 24.7 Å². The number of oxazole rings is 1. The third kappa shape index (κ3) is 3.98. The predicted octanol–water partition coefficient (Wildman–Crippen LogP) is 4.51. The average Bonchev–Trinajstić information content (AvgIpc) is 3.11. The van der Waals surface area contributed by atoms with E-state index in [1.807, 2.05) is 24.3 Å². The molecule has 1 amide bonds. The zero-order valence-electron chi connectivity index (χ0n) is 14.5. The Morgan fingerprint density at radius 2 is 2.19 bits per heavy atom. The summed E-state index contributed by atoms with van der Waals surface area (Å²) in [5.41, 5.74) is 1.58. The maximum Gasteiger partial charge on any atom is 0.260 e. The summed E-state index contributed by atoms with van der Waals surface area (Å²) in [7, 11) is 0. The fourth-order valence-corrected chi connectivity index (χ4v) is 3.63. The molecule has 1 aliphatic heterocycles. The van der Waals surface area contributed by atoms with Gasteiger partial charge in [-0.1, -0.05) is 28.1 Å². The number of fused-ring (bicyclic) bond motifs is 1. The van der Waals surface area contributed by atoms with Gasteiger partial charge in [0.2, 0.25) is 0 Å². The van der Waals surface area contributed by atoms with Crippen LogP contribution >= 0.6 is 15.9 Å². The Bertz CT molecular complexity index is 942. The summed E-state index contributed by atoms with van der Waals surface area (Å²) < 4.78 is 25.7. The molecule has 1 fully saturated rings. The molecule has 4 rings (SSSR count). The highest BCUT2D eigenvalue weighted by Gasteiger charge is 2.28. The highest BCUT2D eigenvalue weighted by Crippen LogP contribution is 2.29. The molecule has 0 unspecified atom stereocenters. The number of amides is 1. The smallest absolute Gasteiger partial charge is 0.260 e. The highest BCUT2D eigenvalue weighted by molar-refractivity contribution is 9.10. The van der Waals surface area contributed by atoms with Crippen LogP contribution in [0.15, 0.2) is 51.4 Å². The Balaban J connectivity index is 1.40. The number of likely N-dealkylation sites (tertiary alicyclic amines) is 1. The van der Waals surface area contributed by atoms with E-state index in [4.69, 9.17) is 9.15 Å². The lowest BCUT2D eigenvalue weighted by Gasteiger charge is -2.31. The van der Waals surface area contributed by atoms with Crippen LogP contribution in [0.25, 0.3) is 11.1 Å². The normalized spacial score (nSPS) is 17.3. The minimum atomic E-state index is -0.500. The van der Waals surface area contributed by atoms with Crippen molar-refractivity contribution in [2.45, 2.75) is 18.8 Å². The Morgan fingerprint density at radius 3 is 3.00 bits per heavy atom. The van der Waals surface area contributed by atoms with Gasteiger partial charge in [0.05, 0.1) is 5.92 Å². The molecule has 0 radical (unpaired) electrons. The summed E-state index contributed by atoms with van der Waals surface area (Å²) in [5, 5.41) is 0. The Hall–Kier alpha value is -2.41. The van der Waals surface area contributed by atoms with Crippen LogP contribution < -0.4 is 4.74 Å². The van der Waals surface area contributed by atoms with Crippen LogP contribution in [-0.2, 0) is 4.79 Å². The summed E-state index contributed by atoms with van der Waals surface area (Å²) in [6.07, 6.45) is 1.78. The van der Waals surface area contributed by atoms with E-state index < -0.39 is 5.82 Å². The van der Waals surface area contributed by atoms with Crippen LogP contribution in [0.3, 0.4) is 0 Å². The number of aromatic nitrogens is 1. The molecule has 2 heterocycles. The summed E-state index contributed by atoms with van der Waals surface area (Å²) in [4.78, 5) is 18.8. The van der Waals surface area contributed by atoms with E-state index in [1.165, 1.54) is 12.1 Å². The van der Waals surface area contributed by atoms with Crippen molar-refractivity contribution >= 4 is 32.9 Å². The second kappa shape index (κ2) is 7.68. The van der Waals surface area contributed by atoms with Gasteiger partial charge < -0.3 is 14.1 Å². The van der Waals surface area contributed by atoms with Crippen molar-refractivity contribution < 1.29 is 18.3 Å².